The minimum absolute atomic E-state index is 0.167. The number of carbonyl (C=O) groups is 1. The van der Waals surface area contributed by atoms with Crippen molar-refractivity contribution in [3.05, 3.63) is 48.0 Å². The first-order chi connectivity index (χ1) is 14.1. The summed E-state index contributed by atoms with van der Waals surface area (Å²) in [5, 5.41) is 11.3. The van der Waals surface area contributed by atoms with Crippen LogP contribution in [0.2, 0.25) is 0 Å². The van der Waals surface area contributed by atoms with Gasteiger partial charge in [0, 0.05) is 38.0 Å². The molecule has 0 bridgehead atoms. The maximum atomic E-state index is 12.2. The van der Waals surface area contributed by atoms with Gasteiger partial charge in [-0.2, -0.15) is 0 Å². The highest BCUT2D eigenvalue weighted by Gasteiger charge is 2.24. The summed E-state index contributed by atoms with van der Waals surface area (Å²) in [5.74, 6) is 1.77. The summed E-state index contributed by atoms with van der Waals surface area (Å²) in [6.07, 6.45) is 1.48. The van der Waals surface area contributed by atoms with E-state index < -0.39 is 0 Å². The van der Waals surface area contributed by atoms with Crippen molar-refractivity contribution in [1.82, 2.24) is 14.9 Å². The van der Waals surface area contributed by atoms with E-state index in [4.69, 9.17) is 9.97 Å². The van der Waals surface area contributed by atoms with Gasteiger partial charge in [0.25, 0.3) is 0 Å². The van der Waals surface area contributed by atoms with Gasteiger partial charge in [-0.3, -0.25) is 4.79 Å². The van der Waals surface area contributed by atoms with Gasteiger partial charge in [-0.15, -0.1) is 0 Å². The predicted octanol–water partition coefficient (Wildman–Crippen LogP) is 3.76. The largest absolute Gasteiger partial charge is 0.507 e. The first-order valence-corrected chi connectivity index (χ1v) is 10.2. The number of piperazine rings is 1. The van der Waals surface area contributed by atoms with E-state index in [1.807, 2.05) is 36.9 Å². The Bertz CT molecular complexity index is 1040. The molecule has 1 saturated heterocycles. The molecule has 0 aliphatic carbocycles. The molecule has 1 aliphatic rings. The molecule has 0 spiro atoms. The highest BCUT2D eigenvalue weighted by atomic mass is 16.3. The fourth-order valence-corrected chi connectivity index (χ4v) is 3.79. The summed E-state index contributed by atoms with van der Waals surface area (Å²) >= 11 is 0. The van der Waals surface area contributed by atoms with Crippen molar-refractivity contribution in [1.29, 1.82) is 0 Å². The molecule has 29 heavy (non-hydrogen) atoms. The SMILES string of the molecule is CCCC(=O)N1CCN(c2nc(-c3ccccc3O)nc3cc(C)ccc23)CC1. The maximum Gasteiger partial charge on any atom is 0.222 e. The van der Waals surface area contributed by atoms with Crippen molar-refractivity contribution in [3.63, 3.8) is 0 Å². The van der Waals surface area contributed by atoms with Gasteiger partial charge in [0.2, 0.25) is 5.91 Å². The number of aromatic nitrogens is 2. The molecule has 0 atom stereocenters. The van der Waals surface area contributed by atoms with Crippen molar-refractivity contribution in [2.24, 2.45) is 0 Å². The summed E-state index contributed by atoms with van der Waals surface area (Å²) in [4.78, 5) is 26.0. The Morgan fingerprint density at radius 3 is 2.55 bits per heavy atom. The molecule has 1 N–H and O–H groups in total. The fraction of sp³-hybridized carbons (Fsp3) is 0.348. The lowest BCUT2D eigenvalue weighted by molar-refractivity contribution is -0.131. The van der Waals surface area contributed by atoms with Crippen LogP contribution in [-0.2, 0) is 4.79 Å². The van der Waals surface area contributed by atoms with Gasteiger partial charge in [0.1, 0.15) is 11.6 Å². The van der Waals surface area contributed by atoms with Gasteiger partial charge < -0.3 is 14.9 Å². The van der Waals surface area contributed by atoms with Crippen LogP contribution in [0.3, 0.4) is 0 Å². The Morgan fingerprint density at radius 1 is 1.07 bits per heavy atom. The molecule has 150 valence electrons. The first kappa shape index (κ1) is 19.2. The summed E-state index contributed by atoms with van der Waals surface area (Å²) in [6.45, 7) is 6.93. The van der Waals surface area contributed by atoms with E-state index in [0.717, 1.165) is 41.8 Å². The van der Waals surface area contributed by atoms with E-state index in [1.165, 1.54) is 0 Å². The molecule has 4 rings (SSSR count). The molecular weight excluding hydrogens is 364 g/mol. The van der Waals surface area contributed by atoms with Gasteiger partial charge in [-0.1, -0.05) is 25.1 Å². The van der Waals surface area contributed by atoms with Crippen LogP contribution in [0.15, 0.2) is 42.5 Å². The van der Waals surface area contributed by atoms with Crippen LogP contribution in [0.4, 0.5) is 5.82 Å². The van der Waals surface area contributed by atoms with Crippen molar-refractivity contribution in [2.75, 3.05) is 31.1 Å². The second-order valence-corrected chi connectivity index (χ2v) is 7.53. The Kier molecular flexibility index (Phi) is 5.34. The summed E-state index contributed by atoms with van der Waals surface area (Å²) in [6, 6.07) is 13.3. The Balaban J connectivity index is 1.72. The smallest absolute Gasteiger partial charge is 0.222 e. The van der Waals surface area contributed by atoms with Crippen molar-refractivity contribution < 1.29 is 9.90 Å². The average Bonchev–Trinajstić information content (AvgIpc) is 2.73. The minimum atomic E-state index is 0.167. The zero-order chi connectivity index (χ0) is 20.4. The van der Waals surface area contributed by atoms with Crippen molar-refractivity contribution >= 4 is 22.6 Å². The molecule has 0 unspecified atom stereocenters. The molecule has 6 nitrogen and oxygen atoms in total. The normalized spacial score (nSPS) is 14.4. The number of amides is 1. The molecule has 0 saturated carbocycles. The second kappa shape index (κ2) is 8.07. The number of aryl methyl sites for hydroxylation is 1. The topological polar surface area (TPSA) is 69.6 Å². The van der Waals surface area contributed by atoms with Gasteiger partial charge in [0.15, 0.2) is 5.82 Å². The van der Waals surface area contributed by atoms with Gasteiger partial charge in [-0.05, 0) is 43.2 Å². The molecule has 3 aromatic rings. The molecule has 1 fully saturated rings. The monoisotopic (exact) mass is 390 g/mol. The molecule has 1 aliphatic heterocycles. The third-order valence-corrected chi connectivity index (χ3v) is 5.37. The molecule has 2 heterocycles. The Hall–Kier alpha value is -3.15. The van der Waals surface area contributed by atoms with E-state index >= 15 is 0 Å². The number of nitrogens with zero attached hydrogens (tertiary/aromatic N) is 4. The summed E-state index contributed by atoms with van der Waals surface area (Å²) < 4.78 is 0. The fourth-order valence-electron chi connectivity index (χ4n) is 3.79. The number of para-hydroxylation sites is 1. The quantitative estimate of drug-likeness (QED) is 0.735. The number of aromatic hydroxyl groups is 1. The average molecular weight is 390 g/mol. The number of phenols is 1. The molecular formula is C23H26N4O2. The highest BCUT2D eigenvalue weighted by Crippen LogP contribution is 2.32. The number of anilines is 1. The number of rotatable bonds is 4. The molecule has 2 aromatic carbocycles. The lowest BCUT2D eigenvalue weighted by Crippen LogP contribution is -2.49. The van der Waals surface area contributed by atoms with Crippen molar-refractivity contribution in [3.8, 4) is 17.1 Å². The standard InChI is InChI=1S/C23H26N4O2/c1-3-6-21(29)26-11-13-27(14-12-26)23-17-10-9-16(2)15-19(17)24-22(25-23)18-7-4-5-8-20(18)28/h4-5,7-10,15,28H,3,6,11-14H2,1-2H3. The van der Waals surface area contributed by atoms with Crippen LogP contribution in [0, 0.1) is 6.92 Å². The van der Waals surface area contributed by atoms with Gasteiger partial charge in [-0.25, -0.2) is 9.97 Å². The van der Waals surface area contributed by atoms with Crippen LogP contribution in [-0.4, -0.2) is 52.1 Å². The number of hydrogen-bond donors (Lipinski definition) is 1. The first-order valence-electron chi connectivity index (χ1n) is 10.2. The number of fused-ring (bicyclic) bond motifs is 1. The molecule has 1 amide bonds. The zero-order valence-corrected chi connectivity index (χ0v) is 16.9. The molecule has 0 radical (unpaired) electrons. The second-order valence-electron chi connectivity index (χ2n) is 7.53. The summed E-state index contributed by atoms with van der Waals surface area (Å²) in [5.41, 5.74) is 2.60. The van der Waals surface area contributed by atoms with E-state index in [-0.39, 0.29) is 11.7 Å². The third kappa shape index (κ3) is 3.88. The maximum absolute atomic E-state index is 12.2. The number of benzene rings is 2. The zero-order valence-electron chi connectivity index (χ0n) is 16.9. The number of phenolic OH excluding ortho intramolecular Hbond substituents is 1. The predicted molar refractivity (Wildman–Crippen MR) is 115 cm³/mol. The van der Waals surface area contributed by atoms with Gasteiger partial charge in [0.05, 0.1) is 11.1 Å². The van der Waals surface area contributed by atoms with E-state index in [9.17, 15) is 9.90 Å². The Morgan fingerprint density at radius 2 is 1.83 bits per heavy atom. The van der Waals surface area contributed by atoms with Crippen LogP contribution in [0.5, 0.6) is 5.75 Å². The minimum Gasteiger partial charge on any atom is -0.507 e. The third-order valence-electron chi connectivity index (χ3n) is 5.37. The van der Waals surface area contributed by atoms with Crippen LogP contribution in [0.1, 0.15) is 25.3 Å². The van der Waals surface area contributed by atoms with E-state index in [2.05, 4.69) is 17.0 Å². The van der Waals surface area contributed by atoms with Crippen molar-refractivity contribution in [2.45, 2.75) is 26.7 Å². The lowest BCUT2D eigenvalue weighted by Gasteiger charge is -2.36. The number of carbonyl (C=O) groups excluding carboxylic acids is 1. The molecule has 1 aromatic heterocycles. The van der Waals surface area contributed by atoms with E-state index in [0.29, 0.717) is 30.9 Å². The van der Waals surface area contributed by atoms with Crippen LogP contribution < -0.4 is 4.90 Å². The Labute approximate surface area is 170 Å². The van der Waals surface area contributed by atoms with E-state index in [1.54, 1.807) is 12.1 Å². The summed E-state index contributed by atoms with van der Waals surface area (Å²) in [7, 11) is 0. The lowest BCUT2D eigenvalue weighted by atomic mass is 10.1. The highest BCUT2D eigenvalue weighted by molar-refractivity contribution is 5.92. The van der Waals surface area contributed by atoms with Crippen LogP contribution >= 0.6 is 0 Å². The van der Waals surface area contributed by atoms with Crippen LogP contribution in [0.25, 0.3) is 22.3 Å². The van der Waals surface area contributed by atoms with Gasteiger partial charge >= 0.3 is 0 Å². The number of hydrogen-bond acceptors (Lipinski definition) is 5. The molecule has 6 heteroatoms.